The van der Waals surface area contributed by atoms with E-state index in [4.69, 9.17) is 0 Å². The molecule has 0 aliphatic rings. The van der Waals surface area contributed by atoms with Gasteiger partial charge in [-0.25, -0.2) is 52.8 Å². The fraction of sp³-hybridized carbons (Fsp3) is 0.231. The smallest absolute Gasteiger partial charge is 0.370 e. The number of rotatable bonds is 18. The molecule has 6 aromatic rings. The number of halogens is 8. The Hall–Kier alpha value is -7.72. The molecule has 0 saturated heterocycles. The summed E-state index contributed by atoms with van der Waals surface area (Å²) in [7, 11) is -23.6. The summed E-state index contributed by atoms with van der Waals surface area (Å²) in [6.45, 7) is 2.56. The molecule has 0 amide bonds. The highest BCUT2D eigenvalue weighted by Gasteiger charge is 2.49. The van der Waals surface area contributed by atoms with Gasteiger partial charge in [0.1, 0.15) is 0 Å². The van der Waals surface area contributed by atoms with E-state index in [0.717, 1.165) is 22.3 Å². The fourth-order valence-corrected chi connectivity index (χ4v) is 7.83. The van der Waals surface area contributed by atoms with Crippen LogP contribution in [0.5, 0.6) is 0 Å². The molecular weight excluding hydrogens is 1220 g/mol. The highest BCUT2D eigenvalue weighted by molar-refractivity contribution is 7.87. The van der Waals surface area contributed by atoms with Crippen molar-refractivity contribution in [1.82, 2.24) is 0 Å². The van der Waals surface area contributed by atoms with Gasteiger partial charge in [-0.05, 0) is 98.5 Å². The molecule has 6 aromatic carbocycles. The third-order valence-corrected chi connectivity index (χ3v) is 14.8. The van der Waals surface area contributed by atoms with Gasteiger partial charge in [-0.1, -0.05) is 121 Å². The van der Waals surface area contributed by atoms with Crippen molar-refractivity contribution in [2.24, 2.45) is 0 Å². The normalized spacial score (nSPS) is 13.6. The molecule has 4 unspecified atom stereocenters. The van der Waals surface area contributed by atoms with E-state index in [0.29, 0.717) is 27.7 Å². The second-order valence-electron chi connectivity index (χ2n) is 16.9. The van der Waals surface area contributed by atoms with Crippen LogP contribution in [-0.4, -0.2) is 121 Å². The second kappa shape index (κ2) is 28.7. The first-order valence-electron chi connectivity index (χ1n) is 23.2. The van der Waals surface area contributed by atoms with Gasteiger partial charge in [-0.15, -0.1) is 0 Å². The van der Waals surface area contributed by atoms with Crippen molar-refractivity contribution < 1.29 is 125 Å². The Morgan fingerprint density at radius 2 is 0.452 bits per heavy atom. The first-order chi connectivity index (χ1) is 38.6. The van der Waals surface area contributed by atoms with E-state index in [1.807, 2.05) is 60.7 Å². The predicted octanol–water partition coefficient (Wildman–Crippen LogP) is 8.81. The van der Waals surface area contributed by atoms with Crippen LogP contribution in [0.25, 0.3) is 22.3 Å². The Labute approximate surface area is 475 Å². The van der Waals surface area contributed by atoms with Gasteiger partial charge in [0.2, 0.25) is 0 Å². The predicted molar refractivity (Wildman–Crippen MR) is 275 cm³/mol. The molecule has 20 nitrogen and oxygen atoms in total. The average molecular weight is 1270 g/mol. The van der Waals surface area contributed by atoms with Crippen molar-refractivity contribution in [2.45, 2.75) is 73.1 Å². The third-order valence-electron chi connectivity index (χ3n) is 10.8. The molecule has 0 aliphatic carbocycles. The van der Waals surface area contributed by atoms with Crippen LogP contribution in [0.1, 0.15) is 69.1 Å². The number of benzene rings is 6. The molecule has 0 fully saturated rings. The summed E-state index contributed by atoms with van der Waals surface area (Å²) in [5, 5.41) is -18.7. The van der Waals surface area contributed by atoms with Crippen LogP contribution in [0.3, 0.4) is 0 Å². The van der Waals surface area contributed by atoms with Gasteiger partial charge >= 0.3 is 44.9 Å². The summed E-state index contributed by atoms with van der Waals surface area (Å²) in [4.78, 5) is 46.4. The molecule has 0 heterocycles. The quantitative estimate of drug-likeness (QED) is 0.0335. The van der Waals surface area contributed by atoms with Gasteiger partial charge in [0.05, 0.1) is 22.3 Å². The largest absolute Gasteiger partial charge is 0.743 e. The topological polar surface area (TPSA) is 334 Å². The summed E-state index contributed by atoms with van der Waals surface area (Å²) < 4.78 is 248. The molecule has 0 N–H and O–H groups in total. The summed E-state index contributed by atoms with van der Waals surface area (Å²) in [6.07, 6.45) is -9.54. The van der Waals surface area contributed by atoms with Crippen LogP contribution < -0.4 is 0 Å². The van der Waals surface area contributed by atoms with Crippen molar-refractivity contribution in [3.05, 3.63) is 192 Å². The lowest BCUT2D eigenvalue weighted by molar-refractivity contribution is -0.0555. The van der Waals surface area contributed by atoms with E-state index in [-0.39, 0.29) is 22.3 Å². The summed E-state index contributed by atoms with van der Waals surface area (Å²) in [5.74, 6) is -4.56. The number of carbonyl (C=O) groups is 4. The van der Waals surface area contributed by atoms with Crippen LogP contribution in [0, 0.1) is 0 Å². The Bertz CT molecular complexity index is 3400. The van der Waals surface area contributed by atoms with Crippen LogP contribution in [0.4, 0.5) is 35.1 Å². The number of alkyl halides is 8. The molecule has 6 rings (SSSR count). The number of ether oxygens (including phenoxy) is 4. The van der Waals surface area contributed by atoms with Crippen molar-refractivity contribution in [3.63, 3.8) is 0 Å². The molecule has 32 heteroatoms. The van der Waals surface area contributed by atoms with Crippen LogP contribution in [-0.2, 0) is 59.4 Å². The van der Waals surface area contributed by atoms with Crippen molar-refractivity contribution in [2.75, 3.05) is 0 Å². The van der Waals surface area contributed by atoms with E-state index < -0.39 is 110 Å². The lowest BCUT2D eigenvalue weighted by Crippen LogP contribution is -2.42. The number of hydrogen-bond acceptors (Lipinski definition) is 20. The number of carbonyl (C=O) groups excluding carboxylic acids is 4. The molecule has 456 valence electrons. The average Bonchev–Trinajstić information content (AvgIpc) is 3.28. The van der Waals surface area contributed by atoms with E-state index in [1.54, 1.807) is 36.4 Å². The standard InChI is InChI=1S/2C16H14F2O5S.2C10H10F2O5S/c2*1-11(16(17,18)24(20,21)22)23-15(19)14-9-7-13(8-10-14)12-5-3-2-4-6-12;2*1-7(10(11,12)18(14,15)16)17-9(13)8-5-3-2-4-6-8/h2*2-11H,1H3,(H,20,21,22);2*2-7H,1H3,(H,14,15,16)/p-4. The highest BCUT2D eigenvalue weighted by atomic mass is 32.2. The monoisotopic (exact) mass is 1270 g/mol. The van der Waals surface area contributed by atoms with Gasteiger partial charge in [0.15, 0.2) is 64.9 Å². The molecule has 84 heavy (non-hydrogen) atoms. The van der Waals surface area contributed by atoms with Crippen molar-refractivity contribution >= 4 is 64.3 Å². The van der Waals surface area contributed by atoms with E-state index in [2.05, 4.69) is 18.9 Å². The molecule has 0 spiro atoms. The summed E-state index contributed by atoms with van der Waals surface area (Å²) in [5.41, 5.74) is 3.26. The summed E-state index contributed by atoms with van der Waals surface area (Å²) >= 11 is 0. The van der Waals surface area contributed by atoms with Gasteiger partial charge in [-0.2, -0.15) is 35.1 Å². The zero-order chi connectivity index (χ0) is 63.9. The maximum Gasteiger partial charge on any atom is 0.370 e. The second-order valence-corrected chi connectivity index (χ2v) is 22.7. The minimum atomic E-state index is -5.93. The highest BCUT2D eigenvalue weighted by Crippen LogP contribution is 2.32. The van der Waals surface area contributed by atoms with Gasteiger partial charge in [-0.3, -0.25) is 0 Å². The Balaban J connectivity index is 0.000000296. The van der Waals surface area contributed by atoms with E-state index >= 15 is 0 Å². The SMILES string of the molecule is CC(OC(=O)c1ccc(-c2ccccc2)cc1)C(F)(F)S(=O)(=O)[O-].CC(OC(=O)c1ccc(-c2ccccc2)cc1)C(F)(F)S(=O)(=O)[O-].CC(OC(=O)c1ccccc1)C(F)(F)S(=O)(=O)[O-].CC(OC(=O)c1ccccc1)C(F)(F)S(=O)(=O)[O-]. The zero-order valence-corrected chi connectivity index (χ0v) is 46.6. The molecule has 0 aromatic heterocycles. The minimum absolute atomic E-state index is 0.0246. The molecule has 0 bridgehead atoms. The van der Waals surface area contributed by atoms with Crippen LogP contribution in [0.2, 0.25) is 0 Å². The number of esters is 4. The lowest BCUT2D eigenvalue weighted by Gasteiger charge is -2.25. The van der Waals surface area contributed by atoms with Crippen molar-refractivity contribution in [3.8, 4) is 22.3 Å². The first kappa shape index (κ1) is 70.5. The maximum atomic E-state index is 13.3. The van der Waals surface area contributed by atoms with Crippen LogP contribution >= 0.6 is 0 Å². The van der Waals surface area contributed by atoms with E-state index in [1.165, 1.54) is 72.8 Å². The van der Waals surface area contributed by atoms with E-state index in [9.17, 15) is 106 Å². The first-order valence-corrected chi connectivity index (χ1v) is 28.8. The molecule has 4 atom stereocenters. The molecule has 0 radical (unpaired) electrons. The Morgan fingerprint density at radius 1 is 0.298 bits per heavy atom. The zero-order valence-electron chi connectivity index (χ0n) is 43.3. The van der Waals surface area contributed by atoms with Gasteiger partial charge in [0, 0.05) is 0 Å². The Kier molecular flexibility index (Phi) is 24.1. The Morgan fingerprint density at radius 3 is 0.631 bits per heavy atom. The van der Waals surface area contributed by atoms with Gasteiger partial charge in [0.25, 0.3) is 0 Å². The minimum Gasteiger partial charge on any atom is -0.743 e. The third kappa shape index (κ3) is 19.2. The molecule has 0 saturated carbocycles. The molecule has 0 aliphatic heterocycles. The van der Waals surface area contributed by atoms with Gasteiger partial charge < -0.3 is 37.2 Å². The summed E-state index contributed by atoms with van der Waals surface area (Å²) in [6, 6.07) is 44.6. The van der Waals surface area contributed by atoms with Crippen molar-refractivity contribution in [1.29, 1.82) is 0 Å². The lowest BCUT2D eigenvalue weighted by atomic mass is 10.0. The maximum absolute atomic E-state index is 13.3. The fourth-order valence-electron chi connectivity index (χ4n) is 6.01. The number of hydrogen-bond donors (Lipinski definition) is 0. The molecular formula is C52H44F8O20S4-4. The van der Waals surface area contributed by atoms with Crippen LogP contribution in [0.15, 0.2) is 170 Å².